The van der Waals surface area contributed by atoms with Gasteiger partial charge in [0.15, 0.2) is 0 Å². The van der Waals surface area contributed by atoms with E-state index < -0.39 is 0 Å². The first-order valence-electron chi connectivity index (χ1n) is 6.69. The molecule has 0 aliphatic rings. The molecule has 2 heteroatoms. The van der Waals surface area contributed by atoms with Crippen LogP contribution in [0, 0.1) is 11.8 Å². The molecule has 2 rings (SSSR count). The molecule has 0 aliphatic carbocycles. The zero-order valence-electron chi connectivity index (χ0n) is 12.0. The highest BCUT2D eigenvalue weighted by molar-refractivity contribution is 5.83. The molecular formula is C19H17NO. The minimum Gasteiger partial charge on any atom is -0.497 e. The van der Waals surface area contributed by atoms with E-state index in [-0.39, 0.29) is 0 Å². The van der Waals surface area contributed by atoms with E-state index in [1.165, 1.54) is 0 Å². The third-order valence-electron chi connectivity index (χ3n) is 2.86. The second-order valence-corrected chi connectivity index (χ2v) is 4.35. The van der Waals surface area contributed by atoms with Crippen LogP contribution in [0.15, 0.2) is 66.2 Å². The molecule has 0 fully saturated rings. The molecule has 0 bridgehead atoms. The smallest absolute Gasteiger partial charge is 0.118 e. The molecule has 2 aromatic carbocycles. The van der Waals surface area contributed by atoms with Gasteiger partial charge in [-0.3, -0.25) is 4.99 Å². The van der Waals surface area contributed by atoms with Gasteiger partial charge >= 0.3 is 0 Å². The number of ether oxygens (including phenoxy) is 1. The second kappa shape index (κ2) is 7.72. The molecule has 104 valence electrons. The Hall–Kier alpha value is -2.79. The molecule has 0 saturated heterocycles. The number of nitrogens with zero attached hydrogens (tertiary/aromatic N) is 1. The first-order valence-corrected chi connectivity index (χ1v) is 6.69. The van der Waals surface area contributed by atoms with Crippen LogP contribution in [0.5, 0.6) is 5.75 Å². The van der Waals surface area contributed by atoms with Crippen LogP contribution < -0.4 is 4.74 Å². The van der Waals surface area contributed by atoms with Gasteiger partial charge in [0.1, 0.15) is 5.75 Å². The summed E-state index contributed by atoms with van der Waals surface area (Å²) in [5, 5.41) is 0. The van der Waals surface area contributed by atoms with E-state index >= 15 is 0 Å². The molecule has 2 aromatic rings. The molecule has 0 spiro atoms. The van der Waals surface area contributed by atoms with E-state index in [4.69, 9.17) is 4.74 Å². The highest BCUT2D eigenvalue weighted by atomic mass is 16.5. The van der Waals surface area contributed by atoms with Crippen LogP contribution in [0.4, 0.5) is 0 Å². The topological polar surface area (TPSA) is 21.6 Å². The number of hydrogen-bond donors (Lipinski definition) is 0. The van der Waals surface area contributed by atoms with E-state index in [0.717, 1.165) is 22.4 Å². The molecule has 0 aliphatic heterocycles. The Morgan fingerprint density at radius 3 is 2.57 bits per heavy atom. The van der Waals surface area contributed by atoms with Crippen molar-refractivity contribution < 1.29 is 4.74 Å². The van der Waals surface area contributed by atoms with Crippen LogP contribution in [0.2, 0.25) is 0 Å². The van der Waals surface area contributed by atoms with Crippen molar-refractivity contribution in [2.24, 2.45) is 4.99 Å². The maximum absolute atomic E-state index is 5.13. The van der Waals surface area contributed by atoms with Crippen LogP contribution >= 0.6 is 0 Å². The van der Waals surface area contributed by atoms with Gasteiger partial charge in [-0.05, 0) is 30.3 Å². The van der Waals surface area contributed by atoms with Gasteiger partial charge in [0.2, 0.25) is 0 Å². The molecule has 0 radical (unpaired) electrons. The number of methoxy groups -OCH3 is 1. The fourth-order valence-electron chi connectivity index (χ4n) is 1.76. The van der Waals surface area contributed by atoms with Crippen molar-refractivity contribution in [3.63, 3.8) is 0 Å². The largest absolute Gasteiger partial charge is 0.497 e. The summed E-state index contributed by atoms with van der Waals surface area (Å²) in [4.78, 5) is 4.27. The summed E-state index contributed by atoms with van der Waals surface area (Å²) in [5.74, 6) is 7.17. The molecule has 0 heterocycles. The first-order chi connectivity index (χ1) is 10.3. The monoisotopic (exact) mass is 275 g/mol. The molecule has 0 aromatic heterocycles. The molecule has 21 heavy (non-hydrogen) atoms. The van der Waals surface area contributed by atoms with Crippen molar-refractivity contribution >= 4 is 6.21 Å². The number of benzene rings is 2. The molecule has 2 nitrogen and oxygen atoms in total. The SMILES string of the molecule is C=CCN=Cc1ccccc1C#Cc1ccc(OC)cc1. The van der Waals surface area contributed by atoms with Gasteiger partial charge in [-0.1, -0.05) is 36.1 Å². The number of rotatable bonds is 4. The standard InChI is InChI=1S/C19H17NO/c1-3-14-20-15-18-7-5-4-6-17(18)11-8-16-9-12-19(21-2)13-10-16/h3-7,9-10,12-13,15H,1,14H2,2H3. The van der Waals surface area contributed by atoms with Crippen LogP contribution in [-0.4, -0.2) is 19.9 Å². The van der Waals surface area contributed by atoms with Crippen molar-refractivity contribution in [3.05, 3.63) is 77.9 Å². The fraction of sp³-hybridized carbons (Fsp3) is 0.105. The average molecular weight is 275 g/mol. The second-order valence-electron chi connectivity index (χ2n) is 4.35. The van der Waals surface area contributed by atoms with Crippen molar-refractivity contribution in [1.29, 1.82) is 0 Å². The summed E-state index contributed by atoms with van der Waals surface area (Å²) in [6.45, 7) is 4.26. The number of aliphatic imine (C=N–C) groups is 1. The van der Waals surface area contributed by atoms with Crippen molar-refractivity contribution in [2.45, 2.75) is 0 Å². The summed E-state index contributed by atoms with van der Waals surface area (Å²) >= 11 is 0. The summed E-state index contributed by atoms with van der Waals surface area (Å²) in [7, 11) is 1.65. The Labute approximate surface area is 125 Å². The van der Waals surface area contributed by atoms with Crippen LogP contribution in [0.3, 0.4) is 0 Å². The Balaban J connectivity index is 2.23. The highest BCUT2D eigenvalue weighted by Gasteiger charge is 1.95. The van der Waals surface area contributed by atoms with Crippen molar-refractivity contribution in [3.8, 4) is 17.6 Å². The lowest BCUT2D eigenvalue weighted by Gasteiger charge is -1.98. The van der Waals surface area contributed by atoms with Crippen LogP contribution in [0.25, 0.3) is 0 Å². The number of hydrogen-bond acceptors (Lipinski definition) is 2. The summed E-state index contributed by atoms with van der Waals surface area (Å²) in [6.07, 6.45) is 3.60. The van der Waals surface area contributed by atoms with Crippen molar-refractivity contribution in [1.82, 2.24) is 0 Å². The average Bonchev–Trinajstić information content (AvgIpc) is 2.54. The fourth-order valence-corrected chi connectivity index (χ4v) is 1.76. The quantitative estimate of drug-likeness (QED) is 0.473. The van der Waals surface area contributed by atoms with Crippen molar-refractivity contribution in [2.75, 3.05) is 13.7 Å². The Morgan fingerprint density at radius 2 is 1.86 bits per heavy atom. The zero-order chi connectivity index (χ0) is 14.9. The lowest BCUT2D eigenvalue weighted by molar-refractivity contribution is 0.415. The minimum atomic E-state index is 0.611. The maximum atomic E-state index is 5.13. The minimum absolute atomic E-state index is 0.611. The van der Waals surface area contributed by atoms with Gasteiger partial charge in [-0.25, -0.2) is 0 Å². The third-order valence-corrected chi connectivity index (χ3v) is 2.86. The predicted octanol–water partition coefficient (Wildman–Crippen LogP) is 3.70. The summed E-state index contributed by atoms with van der Waals surface area (Å²) in [6, 6.07) is 15.6. The van der Waals surface area contributed by atoms with Gasteiger partial charge in [-0.2, -0.15) is 0 Å². The van der Waals surface area contributed by atoms with E-state index in [2.05, 4.69) is 23.4 Å². The summed E-state index contributed by atoms with van der Waals surface area (Å²) < 4.78 is 5.13. The van der Waals surface area contributed by atoms with E-state index in [9.17, 15) is 0 Å². The first kappa shape index (κ1) is 14.6. The highest BCUT2D eigenvalue weighted by Crippen LogP contribution is 2.11. The van der Waals surface area contributed by atoms with E-state index in [0.29, 0.717) is 6.54 Å². The van der Waals surface area contributed by atoms with Gasteiger partial charge in [-0.15, -0.1) is 6.58 Å². The molecule has 0 amide bonds. The van der Waals surface area contributed by atoms with Crippen LogP contribution in [0.1, 0.15) is 16.7 Å². The lowest BCUT2D eigenvalue weighted by Crippen LogP contribution is -1.88. The van der Waals surface area contributed by atoms with Gasteiger partial charge < -0.3 is 4.74 Å². The van der Waals surface area contributed by atoms with Gasteiger partial charge in [0, 0.05) is 22.9 Å². The maximum Gasteiger partial charge on any atom is 0.118 e. The lowest BCUT2D eigenvalue weighted by atomic mass is 10.1. The van der Waals surface area contributed by atoms with E-state index in [1.54, 1.807) is 13.2 Å². The third kappa shape index (κ3) is 4.36. The predicted molar refractivity (Wildman–Crippen MR) is 88.1 cm³/mol. The Morgan fingerprint density at radius 1 is 1.10 bits per heavy atom. The normalized spacial score (nSPS) is 9.95. The van der Waals surface area contributed by atoms with Crippen LogP contribution in [-0.2, 0) is 0 Å². The zero-order valence-corrected chi connectivity index (χ0v) is 12.0. The molecule has 0 unspecified atom stereocenters. The van der Waals surface area contributed by atoms with E-state index in [1.807, 2.05) is 54.7 Å². The molecule has 0 atom stereocenters. The Bertz CT molecular complexity index is 687. The Kier molecular flexibility index (Phi) is 5.37. The van der Waals surface area contributed by atoms with Gasteiger partial charge in [0.25, 0.3) is 0 Å². The molecular weight excluding hydrogens is 258 g/mol. The molecule has 0 saturated carbocycles. The summed E-state index contributed by atoms with van der Waals surface area (Å²) in [5.41, 5.74) is 2.93. The molecule has 0 N–H and O–H groups in total. The van der Waals surface area contributed by atoms with Gasteiger partial charge in [0.05, 0.1) is 13.7 Å².